The number of para-hydroxylation sites is 1. The molecule has 5 aromatic carbocycles. The fourth-order valence-electron chi connectivity index (χ4n) is 5.11. The Balaban J connectivity index is 1.34. The van der Waals surface area contributed by atoms with Crippen LogP contribution in [-0.4, -0.2) is 35.7 Å². The fourth-order valence-corrected chi connectivity index (χ4v) is 7.34. The third-order valence-corrected chi connectivity index (χ3v) is 9.74. The number of thioether (sulfide) groups is 1. The first-order chi connectivity index (χ1) is 18.7. The van der Waals surface area contributed by atoms with E-state index in [1.165, 1.54) is 0 Å². The minimum absolute atomic E-state index is 0.0588. The summed E-state index contributed by atoms with van der Waals surface area (Å²) >= 11 is 3.33. The van der Waals surface area contributed by atoms with Crippen LogP contribution in [0.2, 0.25) is 0 Å². The minimum Gasteiger partial charge on any atom is -0.492 e. The Labute approximate surface area is 228 Å². The van der Waals surface area contributed by atoms with Crippen LogP contribution in [0.3, 0.4) is 0 Å². The number of hydrogen-bond acceptors (Lipinski definition) is 6. The van der Waals surface area contributed by atoms with E-state index in [4.69, 9.17) is 14.5 Å². The number of aliphatic hydroxyl groups excluding tert-OH is 1. The molecule has 1 N–H and O–H groups in total. The summed E-state index contributed by atoms with van der Waals surface area (Å²) in [5, 5.41) is 15.2. The van der Waals surface area contributed by atoms with E-state index in [1.807, 2.05) is 18.2 Å². The van der Waals surface area contributed by atoms with Gasteiger partial charge in [-0.25, -0.2) is 4.98 Å². The van der Waals surface area contributed by atoms with E-state index >= 15 is 0 Å². The number of ether oxygens (including phenoxy) is 2. The van der Waals surface area contributed by atoms with E-state index in [1.54, 1.807) is 23.1 Å². The molecule has 0 aliphatic carbocycles. The van der Waals surface area contributed by atoms with Crippen LogP contribution in [0, 0.1) is 5.41 Å². The average Bonchev–Trinajstić information content (AvgIpc) is 3.42. The first-order valence-corrected chi connectivity index (χ1v) is 14.4. The molecule has 2 heterocycles. The van der Waals surface area contributed by atoms with Crippen molar-refractivity contribution in [1.29, 1.82) is 0 Å². The molecule has 0 radical (unpaired) electrons. The standard InChI is InChI=1S/C32H25NO3S2/c34-17-32(20-37-31-33-25-11-5-6-12-28(25)38-31)18-35-26-15-13-21-7-1-3-9-23(21)29(26)30-24-10-4-2-8-22(24)14-16-27(30)36-19-32/h1-16,34H,17-20H2. The molecule has 0 unspecified atom stereocenters. The van der Waals surface area contributed by atoms with Crippen molar-refractivity contribution < 1.29 is 14.6 Å². The Kier molecular flexibility index (Phi) is 5.96. The highest BCUT2D eigenvalue weighted by Crippen LogP contribution is 2.47. The smallest absolute Gasteiger partial charge is 0.151 e. The molecule has 1 aliphatic rings. The summed E-state index contributed by atoms with van der Waals surface area (Å²) in [6.45, 7) is 0.605. The molecule has 7 rings (SSSR count). The number of thiazole rings is 1. The first kappa shape index (κ1) is 23.5. The van der Waals surface area contributed by atoms with Gasteiger partial charge >= 0.3 is 0 Å². The molecule has 0 saturated heterocycles. The topological polar surface area (TPSA) is 51.6 Å². The second kappa shape index (κ2) is 9.62. The van der Waals surface area contributed by atoms with Gasteiger partial charge in [0.15, 0.2) is 4.34 Å². The first-order valence-electron chi connectivity index (χ1n) is 12.6. The summed E-state index contributed by atoms with van der Waals surface area (Å²) in [6, 6.07) is 33.3. The predicted molar refractivity (Wildman–Crippen MR) is 158 cm³/mol. The summed E-state index contributed by atoms with van der Waals surface area (Å²) < 4.78 is 15.4. The molecule has 0 atom stereocenters. The number of fused-ring (bicyclic) bond motifs is 8. The Hall–Kier alpha value is -3.58. The Morgan fingerprint density at radius 2 is 1.32 bits per heavy atom. The summed E-state index contributed by atoms with van der Waals surface area (Å²) in [7, 11) is 0. The molecule has 6 aromatic rings. The van der Waals surface area contributed by atoms with Gasteiger partial charge in [0.05, 0.1) is 22.2 Å². The number of aliphatic hydroxyl groups is 1. The van der Waals surface area contributed by atoms with Crippen LogP contribution in [0.5, 0.6) is 11.5 Å². The number of nitrogens with zero attached hydrogens (tertiary/aromatic N) is 1. The van der Waals surface area contributed by atoms with Gasteiger partial charge in [0.25, 0.3) is 0 Å². The summed E-state index contributed by atoms with van der Waals surface area (Å²) in [5.41, 5.74) is 2.45. The molecule has 0 amide bonds. The highest BCUT2D eigenvalue weighted by molar-refractivity contribution is 8.01. The summed E-state index contributed by atoms with van der Waals surface area (Å²) in [6.07, 6.45) is 0. The van der Waals surface area contributed by atoms with Crippen LogP contribution in [0.4, 0.5) is 0 Å². The molecular formula is C32H25NO3S2. The highest BCUT2D eigenvalue weighted by Gasteiger charge is 2.35. The van der Waals surface area contributed by atoms with E-state index in [-0.39, 0.29) is 6.61 Å². The van der Waals surface area contributed by atoms with Crippen LogP contribution in [0.1, 0.15) is 0 Å². The van der Waals surface area contributed by atoms with Crippen LogP contribution in [-0.2, 0) is 0 Å². The van der Waals surface area contributed by atoms with Gasteiger partial charge in [-0.15, -0.1) is 11.3 Å². The van der Waals surface area contributed by atoms with Crippen molar-refractivity contribution in [2.45, 2.75) is 4.34 Å². The maximum atomic E-state index is 10.7. The monoisotopic (exact) mass is 535 g/mol. The van der Waals surface area contributed by atoms with Crippen molar-refractivity contribution in [3.63, 3.8) is 0 Å². The number of hydrogen-bond donors (Lipinski definition) is 1. The third-order valence-electron chi connectivity index (χ3n) is 7.21. The molecule has 6 heteroatoms. The van der Waals surface area contributed by atoms with E-state index < -0.39 is 5.41 Å². The lowest BCUT2D eigenvalue weighted by atomic mass is 9.92. The molecule has 38 heavy (non-hydrogen) atoms. The maximum absolute atomic E-state index is 10.7. The largest absolute Gasteiger partial charge is 0.492 e. The Morgan fingerprint density at radius 3 is 1.92 bits per heavy atom. The van der Waals surface area contributed by atoms with E-state index in [9.17, 15) is 5.11 Å². The van der Waals surface area contributed by atoms with E-state index in [0.29, 0.717) is 19.0 Å². The van der Waals surface area contributed by atoms with Gasteiger partial charge in [-0.1, -0.05) is 84.6 Å². The van der Waals surface area contributed by atoms with Gasteiger partial charge in [-0.05, 0) is 45.8 Å². The number of rotatable bonds is 4. The zero-order chi connectivity index (χ0) is 25.5. The van der Waals surface area contributed by atoms with Gasteiger partial charge in [0.2, 0.25) is 0 Å². The molecule has 0 bridgehead atoms. The summed E-state index contributed by atoms with van der Waals surface area (Å²) in [5.74, 6) is 2.22. The van der Waals surface area contributed by atoms with Crippen molar-refractivity contribution in [2.24, 2.45) is 5.41 Å². The van der Waals surface area contributed by atoms with Gasteiger partial charge in [-0.2, -0.15) is 0 Å². The van der Waals surface area contributed by atoms with Gasteiger partial charge < -0.3 is 14.6 Å². The molecule has 0 fully saturated rings. The Morgan fingerprint density at radius 1 is 0.737 bits per heavy atom. The molecular weight excluding hydrogens is 510 g/mol. The second-order valence-corrected chi connectivity index (χ2v) is 12.0. The van der Waals surface area contributed by atoms with Gasteiger partial charge in [0.1, 0.15) is 24.7 Å². The molecule has 1 aromatic heterocycles. The third kappa shape index (κ3) is 4.09. The molecule has 0 spiro atoms. The van der Waals surface area contributed by atoms with Crippen molar-refractivity contribution in [2.75, 3.05) is 25.6 Å². The molecule has 4 nitrogen and oxygen atoms in total. The average molecular weight is 536 g/mol. The quantitative estimate of drug-likeness (QED) is 0.233. The molecule has 1 aliphatic heterocycles. The molecule has 0 saturated carbocycles. The van der Waals surface area contributed by atoms with Gasteiger partial charge in [0, 0.05) is 16.9 Å². The van der Waals surface area contributed by atoms with Crippen LogP contribution in [0.15, 0.2) is 101 Å². The molecule has 188 valence electrons. The van der Waals surface area contributed by atoms with Crippen molar-refractivity contribution in [3.8, 4) is 22.6 Å². The lowest BCUT2D eigenvalue weighted by Gasteiger charge is -2.30. The normalized spacial score (nSPS) is 14.7. The zero-order valence-electron chi connectivity index (χ0n) is 20.6. The Bertz CT molecular complexity index is 1670. The van der Waals surface area contributed by atoms with E-state index in [2.05, 4.69) is 78.9 Å². The number of aromatic nitrogens is 1. The minimum atomic E-state index is -0.612. The van der Waals surface area contributed by atoms with E-state index in [0.717, 1.165) is 58.7 Å². The van der Waals surface area contributed by atoms with Crippen LogP contribution >= 0.6 is 23.1 Å². The van der Waals surface area contributed by atoms with Crippen molar-refractivity contribution in [1.82, 2.24) is 4.98 Å². The lowest BCUT2D eigenvalue weighted by Crippen LogP contribution is -2.40. The van der Waals surface area contributed by atoms with Gasteiger partial charge in [-0.3, -0.25) is 0 Å². The lowest BCUT2D eigenvalue weighted by molar-refractivity contribution is 0.0432. The second-order valence-electron chi connectivity index (χ2n) is 9.79. The summed E-state index contributed by atoms with van der Waals surface area (Å²) in [4.78, 5) is 4.78. The van der Waals surface area contributed by atoms with Crippen LogP contribution < -0.4 is 9.47 Å². The maximum Gasteiger partial charge on any atom is 0.151 e. The highest BCUT2D eigenvalue weighted by atomic mass is 32.2. The SMILES string of the molecule is OCC1(CSc2nc3ccccc3s2)COc2ccc3ccccc3c2-c2c(ccc3ccccc23)OC1. The van der Waals surface area contributed by atoms with Crippen molar-refractivity contribution >= 4 is 54.9 Å². The van der Waals surface area contributed by atoms with Crippen molar-refractivity contribution in [3.05, 3.63) is 97.1 Å². The van der Waals surface area contributed by atoms with Crippen LogP contribution in [0.25, 0.3) is 42.9 Å². The zero-order valence-corrected chi connectivity index (χ0v) is 22.2. The predicted octanol–water partition coefficient (Wildman–Crippen LogP) is 7.81. The number of benzene rings is 5. The fraction of sp³-hybridized carbons (Fsp3) is 0.156.